The van der Waals surface area contributed by atoms with Crippen molar-refractivity contribution in [2.45, 2.75) is 44.9 Å². The number of rotatable bonds is 5. The summed E-state index contributed by atoms with van der Waals surface area (Å²) in [4.78, 5) is 2.44. The zero-order valence-electron chi connectivity index (χ0n) is 12.3. The third-order valence-corrected chi connectivity index (χ3v) is 5.15. The summed E-state index contributed by atoms with van der Waals surface area (Å²) in [6, 6.07) is 2.20. The van der Waals surface area contributed by atoms with E-state index in [2.05, 4.69) is 42.6 Å². The molecule has 2 unspecified atom stereocenters. The molecule has 0 aromatic carbocycles. The van der Waals surface area contributed by atoms with Crippen LogP contribution in [0.5, 0.6) is 0 Å². The van der Waals surface area contributed by atoms with Crippen molar-refractivity contribution in [1.29, 1.82) is 0 Å². The van der Waals surface area contributed by atoms with E-state index in [1.807, 2.05) is 0 Å². The maximum absolute atomic E-state index is 6.14. The Morgan fingerprint density at radius 3 is 2.95 bits per heavy atom. The van der Waals surface area contributed by atoms with Gasteiger partial charge >= 0.3 is 0 Å². The Kier molecular flexibility index (Phi) is 5.01. The van der Waals surface area contributed by atoms with E-state index in [-0.39, 0.29) is 5.54 Å². The van der Waals surface area contributed by atoms with Gasteiger partial charge in [-0.15, -0.1) is 0 Å². The van der Waals surface area contributed by atoms with Crippen LogP contribution in [0.4, 0.5) is 0 Å². The normalized spacial score (nSPS) is 28.2. The first-order valence-electron chi connectivity index (χ1n) is 7.11. The molecule has 1 aliphatic rings. The molecule has 0 saturated carbocycles. The largest absolute Gasteiger partial charge is 0.378 e. The smallest absolute Gasteiger partial charge is 0.0616 e. The lowest BCUT2D eigenvalue weighted by Crippen LogP contribution is -2.57. The van der Waals surface area contributed by atoms with Crippen LogP contribution in [0.25, 0.3) is 0 Å². The quantitative estimate of drug-likeness (QED) is 0.902. The van der Waals surface area contributed by atoms with Crippen LogP contribution in [-0.4, -0.2) is 36.7 Å². The third-order valence-electron chi connectivity index (χ3n) is 4.41. The molecule has 1 aliphatic heterocycles. The van der Waals surface area contributed by atoms with Crippen molar-refractivity contribution < 1.29 is 4.74 Å². The highest BCUT2D eigenvalue weighted by Gasteiger charge is 2.40. The van der Waals surface area contributed by atoms with Gasteiger partial charge in [0.15, 0.2) is 0 Å². The highest BCUT2D eigenvalue weighted by atomic mass is 32.1. The molecule has 108 valence electrons. The van der Waals surface area contributed by atoms with Crippen LogP contribution in [-0.2, 0) is 11.3 Å². The Bertz CT molecular complexity index is 380. The zero-order chi connectivity index (χ0) is 13.9. The van der Waals surface area contributed by atoms with Crippen molar-refractivity contribution in [2.75, 3.05) is 20.2 Å². The second-order valence-electron chi connectivity index (χ2n) is 6.02. The van der Waals surface area contributed by atoms with Gasteiger partial charge < -0.3 is 10.5 Å². The number of likely N-dealkylation sites (N-methyl/N-ethyl adjacent to an activating group) is 1. The highest BCUT2D eigenvalue weighted by molar-refractivity contribution is 7.07. The first-order valence-corrected chi connectivity index (χ1v) is 8.06. The second kappa shape index (κ2) is 6.35. The maximum Gasteiger partial charge on any atom is 0.0616 e. The fourth-order valence-corrected chi connectivity index (χ4v) is 3.54. The molecule has 0 radical (unpaired) electrons. The number of thiophene rings is 1. The molecule has 0 aliphatic carbocycles. The molecule has 2 rings (SSSR count). The van der Waals surface area contributed by atoms with Gasteiger partial charge in [0.2, 0.25) is 0 Å². The molecule has 0 bridgehead atoms. The topological polar surface area (TPSA) is 38.5 Å². The van der Waals surface area contributed by atoms with Crippen molar-refractivity contribution in [3.8, 4) is 0 Å². The highest BCUT2D eigenvalue weighted by Crippen LogP contribution is 2.33. The summed E-state index contributed by atoms with van der Waals surface area (Å²) in [6.45, 7) is 6.98. The minimum atomic E-state index is 0.0924. The third kappa shape index (κ3) is 3.37. The Morgan fingerprint density at radius 2 is 2.37 bits per heavy atom. The summed E-state index contributed by atoms with van der Waals surface area (Å²) in [5.74, 6) is 0.556. The summed E-state index contributed by atoms with van der Waals surface area (Å²) in [5.41, 5.74) is 7.61. The Hall–Kier alpha value is -0.420. The molecule has 1 aromatic rings. The molecular formula is C15H26N2OS. The number of hydrogen-bond donors (Lipinski definition) is 1. The minimum Gasteiger partial charge on any atom is -0.378 e. The van der Waals surface area contributed by atoms with E-state index in [0.29, 0.717) is 18.6 Å². The lowest BCUT2D eigenvalue weighted by molar-refractivity contribution is -0.0834. The van der Waals surface area contributed by atoms with E-state index in [0.717, 1.165) is 26.0 Å². The van der Waals surface area contributed by atoms with E-state index in [1.165, 1.54) is 5.56 Å². The van der Waals surface area contributed by atoms with Crippen LogP contribution in [0.15, 0.2) is 16.8 Å². The molecule has 1 saturated heterocycles. The van der Waals surface area contributed by atoms with E-state index in [4.69, 9.17) is 10.5 Å². The maximum atomic E-state index is 6.14. The fraction of sp³-hybridized carbons (Fsp3) is 0.733. The summed E-state index contributed by atoms with van der Waals surface area (Å²) < 4.78 is 5.90. The predicted octanol–water partition coefficient (Wildman–Crippen LogP) is 2.71. The number of hydrogen-bond acceptors (Lipinski definition) is 4. The monoisotopic (exact) mass is 282 g/mol. The van der Waals surface area contributed by atoms with Gasteiger partial charge in [-0.25, -0.2) is 0 Å². The number of ether oxygens (including phenoxy) is 1. The SMILES string of the molecule is CC(C)C1CC(CN)(N(C)Cc2ccsc2)CCO1. The molecule has 2 N–H and O–H groups in total. The molecule has 19 heavy (non-hydrogen) atoms. The van der Waals surface area contributed by atoms with Crippen LogP contribution in [0, 0.1) is 5.92 Å². The molecule has 1 aromatic heterocycles. The summed E-state index contributed by atoms with van der Waals surface area (Å²) in [5, 5.41) is 4.36. The van der Waals surface area contributed by atoms with Gasteiger partial charge in [0.05, 0.1) is 6.10 Å². The van der Waals surface area contributed by atoms with Gasteiger partial charge in [-0.2, -0.15) is 11.3 Å². The van der Waals surface area contributed by atoms with Crippen molar-refractivity contribution >= 4 is 11.3 Å². The van der Waals surface area contributed by atoms with E-state index in [1.54, 1.807) is 11.3 Å². The van der Waals surface area contributed by atoms with Crippen LogP contribution < -0.4 is 5.73 Å². The van der Waals surface area contributed by atoms with Gasteiger partial charge in [-0.05, 0) is 48.2 Å². The van der Waals surface area contributed by atoms with Crippen molar-refractivity contribution in [3.05, 3.63) is 22.4 Å². The molecule has 0 spiro atoms. The van der Waals surface area contributed by atoms with Crippen molar-refractivity contribution in [1.82, 2.24) is 4.90 Å². The van der Waals surface area contributed by atoms with E-state index >= 15 is 0 Å². The van der Waals surface area contributed by atoms with Gasteiger partial charge in [0, 0.05) is 25.2 Å². The number of nitrogens with zero attached hydrogens (tertiary/aromatic N) is 1. The lowest BCUT2D eigenvalue weighted by Gasteiger charge is -2.47. The standard InChI is InChI=1S/C15H26N2OS/c1-12(2)14-8-15(11-16,5-6-18-14)17(3)9-13-4-7-19-10-13/h4,7,10,12,14H,5-6,8-9,11,16H2,1-3H3. The summed E-state index contributed by atoms with van der Waals surface area (Å²) in [7, 11) is 2.20. The summed E-state index contributed by atoms with van der Waals surface area (Å²) in [6.07, 6.45) is 2.41. The van der Waals surface area contributed by atoms with Crippen LogP contribution in [0.3, 0.4) is 0 Å². The van der Waals surface area contributed by atoms with Crippen LogP contribution in [0.2, 0.25) is 0 Å². The van der Waals surface area contributed by atoms with Gasteiger partial charge in [0.25, 0.3) is 0 Å². The Balaban J connectivity index is 2.07. The lowest BCUT2D eigenvalue weighted by atomic mass is 9.82. The molecule has 1 fully saturated rings. The zero-order valence-corrected chi connectivity index (χ0v) is 13.1. The fourth-order valence-electron chi connectivity index (χ4n) is 2.88. The van der Waals surface area contributed by atoms with E-state index < -0.39 is 0 Å². The average Bonchev–Trinajstić information content (AvgIpc) is 2.91. The molecule has 0 amide bonds. The molecule has 4 heteroatoms. The predicted molar refractivity (Wildman–Crippen MR) is 81.4 cm³/mol. The van der Waals surface area contributed by atoms with Crippen LogP contribution in [0.1, 0.15) is 32.3 Å². The summed E-state index contributed by atoms with van der Waals surface area (Å²) >= 11 is 1.76. The van der Waals surface area contributed by atoms with Gasteiger partial charge in [0.1, 0.15) is 0 Å². The van der Waals surface area contributed by atoms with E-state index in [9.17, 15) is 0 Å². The van der Waals surface area contributed by atoms with Crippen LogP contribution >= 0.6 is 11.3 Å². The second-order valence-corrected chi connectivity index (χ2v) is 6.80. The van der Waals surface area contributed by atoms with Gasteiger partial charge in [-0.3, -0.25) is 4.90 Å². The molecular weight excluding hydrogens is 256 g/mol. The molecule has 2 atom stereocenters. The first kappa shape index (κ1) is 15.0. The molecule has 2 heterocycles. The Morgan fingerprint density at radius 1 is 1.58 bits per heavy atom. The van der Waals surface area contributed by atoms with Gasteiger partial charge in [-0.1, -0.05) is 13.8 Å². The van der Waals surface area contributed by atoms with Crippen molar-refractivity contribution in [3.63, 3.8) is 0 Å². The number of nitrogens with two attached hydrogens (primary N) is 1. The first-order chi connectivity index (χ1) is 9.07. The minimum absolute atomic E-state index is 0.0924. The molecule has 3 nitrogen and oxygen atoms in total. The van der Waals surface area contributed by atoms with Crippen molar-refractivity contribution in [2.24, 2.45) is 11.7 Å². The Labute approximate surface area is 120 Å². The average molecular weight is 282 g/mol.